The second-order valence-electron chi connectivity index (χ2n) is 6.95. The summed E-state index contributed by atoms with van der Waals surface area (Å²) in [6, 6.07) is 7.20. The van der Waals surface area contributed by atoms with E-state index in [-0.39, 0.29) is 17.0 Å². The Morgan fingerprint density at radius 1 is 1.30 bits per heavy atom. The van der Waals surface area contributed by atoms with Gasteiger partial charge in [-0.25, -0.2) is 4.79 Å². The molecule has 0 aromatic heterocycles. The van der Waals surface area contributed by atoms with Gasteiger partial charge in [0, 0.05) is 0 Å². The Hall–Kier alpha value is -3.21. The first-order valence-corrected chi connectivity index (χ1v) is 8.64. The number of ether oxygens (including phenoxy) is 1. The van der Waals surface area contributed by atoms with Gasteiger partial charge in [0.15, 0.2) is 6.61 Å². The van der Waals surface area contributed by atoms with E-state index < -0.39 is 41.9 Å². The van der Waals surface area contributed by atoms with Gasteiger partial charge in [-0.3, -0.25) is 19.3 Å². The number of fused-ring (bicyclic) bond motifs is 1. The molecule has 0 radical (unpaired) electrons. The summed E-state index contributed by atoms with van der Waals surface area (Å²) in [5.74, 6) is -2.52. The van der Waals surface area contributed by atoms with Crippen LogP contribution in [0.1, 0.15) is 47.4 Å². The number of esters is 1. The summed E-state index contributed by atoms with van der Waals surface area (Å²) < 4.78 is 4.96. The van der Waals surface area contributed by atoms with Gasteiger partial charge in [0.05, 0.1) is 17.2 Å². The van der Waals surface area contributed by atoms with Gasteiger partial charge in [-0.15, -0.1) is 0 Å². The molecule has 1 aliphatic heterocycles. The van der Waals surface area contributed by atoms with Gasteiger partial charge in [0.1, 0.15) is 11.6 Å². The Morgan fingerprint density at radius 3 is 2.33 bits per heavy atom. The van der Waals surface area contributed by atoms with Gasteiger partial charge < -0.3 is 10.1 Å². The van der Waals surface area contributed by atoms with Crippen LogP contribution in [0.25, 0.3) is 0 Å². The van der Waals surface area contributed by atoms with Crippen molar-refractivity contribution >= 4 is 23.7 Å². The Bertz CT molecular complexity index is 835. The fourth-order valence-electron chi connectivity index (χ4n) is 3.13. The molecule has 3 amide bonds. The van der Waals surface area contributed by atoms with Crippen LogP contribution in [0.5, 0.6) is 0 Å². The Kier molecular flexibility index (Phi) is 4.70. The lowest BCUT2D eigenvalue weighted by Crippen LogP contribution is -2.49. The summed E-state index contributed by atoms with van der Waals surface area (Å²) in [6.45, 7) is 2.41. The number of nitriles is 1. The lowest BCUT2D eigenvalue weighted by molar-refractivity contribution is -0.152. The number of imide groups is 1. The van der Waals surface area contributed by atoms with Crippen molar-refractivity contribution in [1.29, 1.82) is 5.26 Å². The maximum Gasteiger partial charge on any atom is 0.329 e. The van der Waals surface area contributed by atoms with Crippen LogP contribution in [0.3, 0.4) is 0 Å². The summed E-state index contributed by atoms with van der Waals surface area (Å²) in [6.07, 6.45) is 1.72. The van der Waals surface area contributed by atoms with Gasteiger partial charge >= 0.3 is 5.97 Å². The van der Waals surface area contributed by atoms with Crippen LogP contribution in [-0.2, 0) is 14.3 Å². The van der Waals surface area contributed by atoms with E-state index in [4.69, 9.17) is 4.74 Å². The molecule has 1 saturated carbocycles. The molecule has 2 atom stereocenters. The lowest BCUT2D eigenvalue weighted by Gasteiger charge is -2.24. The highest BCUT2D eigenvalue weighted by atomic mass is 16.5. The molecule has 1 fully saturated rings. The van der Waals surface area contributed by atoms with E-state index >= 15 is 0 Å². The molecule has 140 valence electrons. The molecule has 3 rings (SSSR count). The highest BCUT2D eigenvalue weighted by Gasteiger charge is 2.44. The van der Waals surface area contributed by atoms with Crippen LogP contribution < -0.4 is 5.32 Å². The maximum atomic E-state index is 12.4. The highest BCUT2D eigenvalue weighted by molar-refractivity contribution is 6.22. The van der Waals surface area contributed by atoms with Gasteiger partial charge in [-0.1, -0.05) is 12.1 Å². The average Bonchev–Trinajstić information content (AvgIpc) is 3.48. The van der Waals surface area contributed by atoms with Crippen LogP contribution >= 0.6 is 0 Å². The van der Waals surface area contributed by atoms with E-state index in [9.17, 15) is 24.4 Å². The zero-order valence-electron chi connectivity index (χ0n) is 15.0. The first-order valence-electron chi connectivity index (χ1n) is 8.64. The maximum absolute atomic E-state index is 12.4. The molecule has 0 bridgehead atoms. The third kappa shape index (κ3) is 3.40. The SMILES string of the molecule is C[C@@H](C(=O)OCC(=O)N[C@](C)(C#N)C1CC1)N1C(=O)c2ccccc2C1=O. The van der Waals surface area contributed by atoms with Crippen LogP contribution in [0.2, 0.25) is 0 Å². The number of carbonyl (C=O) groups is 4. The zero-order chi connectivity index (χ0) is 19.8. The molecule has 1 N–H and O–H groups in total. The van der Waals surface area contributed by atoms with E-state index in [1.165, 1.54) is 19.1 Å². The highest BCUT2D eigenvalue weighted by Crippen LogP contribution is 2.39. The number of rotatable bonds is 6. The largest absolute Gasteiger partial charge is 0.454 e. The van der Waals surface area contributed by atoms with Gasteiger partial charge in [0.2, 0.25) is 0 Å². The second kappa shape index (κ2) is 6.83. The van der Waals surface area contributed by atoms with E-state index in [2.05, 4.69) is 11.4 Å². The van der Waals surface area contributed by atoms with Crippen LogP contribution in [0, 0.1) is 17.2 Å². The number of nitrogens with one attached hydrogen (secondary N) is 1. The summed E-state index contributed by atoms with van der Waals surface area (Å²) in [7, 11) is 0. The van der Waals surface area contributed by atoms with E-state index in [1.54, 1.807) is 19.1 Å². The molecule has 1 aliphatic carbocycles. The fourth-order valence-corrected chi connectivity index (χ4v) is 3.13. The molecular weight excluding hydrogens is 350 g/mol. The normalized spacial score (nSPS) is 18.9. The molecular formula is C19H19N3O5. The molecule has 8 nitrogen and oxygen atoms in total. The Balaban J connectivity index is 1.59. The van der Waals surface area contributed by atoms with Gasteiger partial charge in [0.25, 0.3) is 17.7 Å². The van der Waals surface area contributed by atoms with Crippen molar-refractivity contribution in [2.75, 3.05) is 6.61 Å². The molecule has 1 aromatic carbocycles. The summed E-state index contributed by atoms with van der Waals surface area (Å²) >= 11 is 0. The first kappa shape index (κ1) is 18.6. The number of hydrogen-bond donors (Lipinski definition) is 1. The first-order chi connectivity index (χ1) is 12.8. The van der Waals surface area contributed by atoms with Crippen molar-refractivity contribution in [3.8, 4) is 6.07 Å². The topological polar surface area (TPSA) is 117 Å². The fraction of sp³-hybridized carbons (Fsp3) is 0.421. The standard InChI is InChI=1S/C19H19N3O5/c1-11(22-16(24)13-5-3-4-6-14(13)17(22)25)18(26)27-9-15(23)21-19(2,10-20)12-7-8-12/h3-6,11-12H,7-9H2,1-2H3,(H,21,23)/t11-,19+/m0/s1. The Labute approximate surface area is 156 Å². The van der Waals surface area contributed by atoms with E-state index in [1.807, 2.05) is 0 Å². The number of amides is 3. The van der Waals surface area contributed by atoms with Crippen LogP contribution in [0.4, 0.5) is 0 Å². The minimum atomic E-state index is -1.17. The molecule has 0 spiro atoms. The summed E-state index contributed by atoms with van der Waals surface area (Å²) in [4.78, 5) is 49.9. The van der Waals surface area contributed by atoms with E-state index in [0.29, 0.717) is 0 Å². The van der Waals surface area contributed by atoms with Crippen LogP contribution in [-0.4, -0.2) is 46.8 Å². The van der Waals surface area contributed by atoms with Crippen molar-refractivity contribution in [2.24, 2.45) is 5.92 Å². The molecule has 1 heterocycles. The third-order valence-corrected chi connectivity index (χ3v) is 4.92. The number of hydrogen-bond acceptors (Lipinski definition) is 6. The zero-order valence-corrected chi connectivity index (χ0v) is 15.0. The molecule has 8 heteroatoms. The predicted molar refractivity (Wildman–Crippen MR) is 92.2 cm³/mol. The van der Waals surface area contributed by atoms with E-state index in [0.717, 1.165) is 17.7 Å². The minimum absolute atomic E-state index is 0.0967. The van der Waals surface area contributed by atoms with Crippen molar-refractivity contribution in [2.45, 2.75) is 38.3 Å². The number of nitrogens with zero attached hydrogens (tertiary/aromatic N) is 2. The average molecular weight is 369 g/mol. The van der Waals surface area contributed by atoms with Crippen LogP contribution in [0.15, 0.2) is 24.3 Å². The second-order valence-corrected chi connectivity index (χ2v) is 6.95. The number of carbonyl (C=O) groups excluding carboxylic acids is 4. The van der Waals surface area contributed by atoms with Crippen molar-refractivity contribution in [3.63, 3.8) is 0 Å². The van der Waals surface area contributed by atoms with Crippen molar-refractivity contribution in [1.82, 2.24) is 10.2 Å². The molecule has 2 aliphatic rings. The molecule has 27 heavy (non-hydrogen) atoms. The quantitative estimate of drug-likeness (QED) is 0.591. The Morgan fingerprint density at radius 2 is 1.85 bits per heavy atom. The molecule has 0 unspecified atom stereocenters. The summed E-state index contributed by atoms with van der Waals surface area (Å²) in [5, 5.41) is 11.8. The van der Waals surface area contributed by atoms with Crippen molar-refractivity contribution < 1.29 is 23.9 Å². The van der Waals surface area contributed by atoms with Gasteiger partial charge in [-0.2, -0.15) is 5.26 Å². The smallest absolute Gasteiger partial charge is 0.329 e. The van der Waals surface area contributed by atoms with Crippen molar-refractivity contribution in [3.05, 3.63) is 35.4 Å². The third-order valence-electron chi connectivity index (χ3n) is 4.92. The number of benzene rings is 1. The monoisotopic (exact) mass is 369 g/mol. The minimum Gasteiger partial charge on any atom is -0.454 e. The predicted octanol–water partition coefficient (Wildman–Crippen LogP) is 1.02. The summed E-state index contributed by atoms with van der Waals surface area (Å²) in [5.41, 5.74) is -0.527. The van der Waals surface area contributed by atoms with Gasteiger partial charge in [-0.05, 0) is 44.7 Å². The molecule has 1 aromatic rings. The molecule has 0 saturated heterocycles. The lowest BCUT2D eigenvalue weighted by atomic mass is 9.98.